The molecule has 0 aromatic heterocycles. The Labute approximate surface area is 205 Å². The van der Waals surface area contributed by atoms with Gasteiger partial charge in [0, 0.05) is 44.8 Å². The van der Waals surface area contributed by atoms with E-state index in [2.05, 4.69) is 96.4 Å². The molecule has 3 nitrogen and oxygen atoms in total. The largest absolute Gasteiger partial charge is 0.493 e. The molecule has 1 heterocycles. The first-order valence-corrected chi connectivity index (χ1v) is 11.0. The maximum absolute atomic E-state index is 5.93. The molecule has 3 aromatic rings. The van der Waals surface area contributed by atoms with Gasteiger partial charge in [-0.15, -0.1) is 24.8 Å². The Morgan fingerprint density at radius 2 is 1.38 bits per heavy atom. The average molecular weight is 473 g/mol. The third-order valence-corrected chi connectivity index (χ3v) is 6.06. The van der Waals surface area contributed by atoms with Crippen LogP contribution in [0.2, 0.25) is 0 Å². The van der Waals surface area contributed by atoms with E-state index in [1.165, 1.54) is 27.9 Å². The van der Waals surface area contributed by atoms with Crippen molar-refractivity contribution in [3.8, 4) is 5.75 Å². The molecule has 0 atom stereocenters. The van der Waals surface area contributed by atoms with Gasteiger partial charge in [-0.1, -0.05) is 48.5 Å². The van der Waals surface area contributed by atoms with E-state index in [1.54, 1.807) is 0 Å². The molecule has 0 radical (unpaired) electrons. The molecule has 5 heteroatoms. The molecule has 0 unspecified atom stereocenters. The number of anilines is 1. The molecule has 1 aliphatic rings. The molecule has 3 aromatic carbocycles. The molecular formula is C27H34Cl2N2O. The molecule has 0 aliphatic carbocycles. The topological polar surface area (TPSA) is 15.7 Å². The van der Waals surface area contributed by atoms with Gasteiger partial charge in [-0.05, 0) is 60.4 Å². The lowest BCUT2D eigenvalue weighted by atomic mass is 10.1. The van der Waals surface area contributed by atoms with Crippen LogP contribution >= 0.6 is 24.8 Å². The van der Waals surface area contributed by atoms with E-state index in [0.29, 0.717) is 6.61 Å². The Kier molecular flexibility index (Phi) is 10.4. The molecule has 0 saturated carbocycles. The van der Waals surface area contributed by atoms with Crippen LogP contribution in [0.3, 0.4) is 0 Å². The first-order chi connectivity index (χ1) is 14.7. The summed E-state index contributed by atoms with van der Waals surface area (Å²) in [6.07, 6.45) is 0.933. The Bertz CT molecular complexity index is 940. The summed E-state index contributed by atoms with van der Waals surface area (Å²) in [6, 6.07) is 26.1. The summed E-state index contributed by atoms with van der Waals surface area (Å²) >= 11 is 0. The highest BCUT2D eigenvalue weighted by Crippen LogP contribution is 2.18. The van der Waals surface area contributed by atoms with Gasteiger partial charge in [-0.2, -0.15) is 0 Å². The standard InChI is InChI=1S/C27H32N2O.2ClH/c1-22-8-13-27(20-23(22)2)30-19-14-24-9-11-25(12-10-24)21-28-15-17-29(18-16-28)26-6-4-3-5-7-26;;/h3-13,20H,14-19,21H2,1-2H3;2*1H. The van der Waals surface area contributed by atoms with Crippen LogP contribution in [0.25, 0.3) is 0 Å². The number of rotatable bonds is 7. The summed E-state index contributed by atoms with van der Waals surface area (Å²) in [7, 11) is 0. The Morgan fingerprint density at radius 3 is 2.03 bits per heavy atom. The van der Waals surface area contributed by atoms with Crippen molar-refractivity contribution in [2.75, 3.05) is 37.7 Å². The number of piperazine rings is 1. The molecule has 1 saturated heterocycles. The first-order valence-electron chi connectivity index (χ1n) is 11.0. The molecule has 0 spiro atoms. The zero-order valence-electron chi connectivity index (χ0n) is 19.0. The van der Waals surface area contributed by atoms with Crippen LogP contribution in [0.4, 0.5) is 5.69 Å². The number of aryl methyl sites for hydroxylation is 2. The minimum absolute atomic E-state index is 0. The van der Waals surface area contributed by atoms with Gasteiger partial charge >= 0.3 is 0 Å². The predicted molar refractivity (Wildman–Crippen MR) is 140 cm³/mol. The van der Waals surface area contributed by atoms with Crippen molar-refractivity contribution in [2.45, 2.75) is 26.8 Å². The normalized spacial score (nSPS) is 13.8. The molecule has 4 rings (SSSR count). The zero-order valence-corrected chi connectivity index (χ0v) is 20.6. The Morgan fingerprint density at radius 1 is 0.719 bits per heavy atom. The van der Waals surface area contributed by atoms with Gasteiger partial charge in [0.25, 0.3) is 0 Å². The van der Waals surface area contributed by atoms with E-state index in [-0.39, 0.29) is 24.8 Å². The molecule has 0 amide bonds. The van der Waals surface area contributed by atoms with Gasteiger partial charge < -0.3 is 9.64 Å². The Balaban J connectivity index is 0.00000181. The lowest BCUT2D eigenvalue weighted by Crippen LogP contribution is -2.45. The average Bonchev–Trinajstić information content (AvgIpc) is 2.78. The van der Waals surface area contributed by atoms with Gasteiger partial charge in [0.15, 0.2) is 0 Å². The van der Waals surface area contributed by atoms with Crippen LogP contribution in [0, 0.1) is 13.8 Å². The smallest absolute Gasteiger partial charge is 0.119 e. The second-order valence-electron chi connectivity index (χ2n) is 8.26. The number of halogens is 2. The number of hydrogen-bond donors (Lipinski definition) is 0. The van der Waals surface area contributed by atoms with Crippen molar-refractivity contribution in [3.63, 3.8) is 0 Å². The van der Waals surface area contributed by atoms with E-state index in [9.17, 15) is 0 Å². The van der Waals surface area contributed by atoms with E-state index >= 15 is 0 Å². The first kappa shape index (κ1) is 26.1. The van der Waals surface area contributed by atoms with Gasteiger partial charge in [0.1, 0.15) is 5.75 Å². The quantitative estimate of drug-likeness (QED) is 0.413. The third kappa shape index (κ3) is 7.16. The van der Waals surface area contributed by atoms with Crippen LogP contribution in [0.15, 0.2) is 72.8 Å². The fourth-order valence-electron chi connectivity index (χ4n) is 3.96. The summed E-state index contributed by atoms with van der Waals surface area (Å²) in [5.41, 5.74) is 6.64. The second kappa shape index (κ2) is 12.7. The van der Waals surface area contributed by atoms with Crippen LogP contribution in [0.5, 0.6) is 5.75 Å². The lowest BCUT2D eigenvalue weighted by Gasteiger charge is -2.36. The summed E-state index contributed by atoms with van der Waals surface area (Å²) < 4.78 is 5.93. The summed E-state index contributed by atoms with van der Waals surface area (Å²) in [6.45, 7) is 10.4. The SMILES string of the molecule is Cc1ccc(OCCc2ccc(CN3CCN(c4ccccc4)CC3)cc2)cc1C.Cl.Cl. The van der Waals surface area contributed by atoms with E-state index in [4.69, 9.17) is 4.74 Å². The zero-order chi connectivity index (χ0) is 20.8. The van der Waals surface area contributed by atoms with Gasteiger partial charge in [0.2, 0.25) is 0 Å². The van der Waals surface area contributed by atoms with Crippen molar-refractivity contribution in [1.29, 1.82) is 0 Å². The number of hydrogen-bond acceptors (Lipinski definition) is 3. The molecular weight excluding hydrogens is 439 g/mol. The number of ether oxygens (including phenoxy) is 1. The highest BCUT2D eigenvalue weighted by molar-refractivity contribution is 5.85. The van der Waals surface area contributed by atoms with Crippen LogP contribution < -0.4 is 9.64 Å². The van der Waals surface area contributed by atoms with Gasteiger partial charge in [-0.3, -0.25) is 4.90 Å². The fraction of sp³-hybridized carbons (Fsp3) is 0.333. The minimum atomic E-state index is 0. The van der Waals surface area contributed by atoms with Crippen molar-refractivity contribution in [3.05, 3.63) is 95.1 Å². The van der Waals surface area contributed by atoms with Crippen LogP contribution in [0.1, 0.15) is 22.3 Å². The van der Waals surface area contributed by atoms with Crippen molar-refractivity contribution in [1.82, 2.24) is 4.90 Å². The minimum Gasteiger partial charge on any atom is -0.493 e. The van der Waals surface area contributed by atoms with E-state index in [1.807, 2.05) is 0 Å². The number of para-hydroxylation sites is 1. The monoisotopic (exact) mass is 472 g/mol. The highest BCUT2D eigenvalue weighted by Gasteiger charge is 2.17. The molecule has 1 fully saturated rings. The molecule has 0 N–H and O–H groups in total. The molecule has 32 heavy (non-hydrogen) atoms. The van der Waals surface area contributed by atoms with Crippen molar-refractivity contribution >= 4 is 30.5 Å². The van der Waals surface area contributed by atoms with Gasteiger partial charge in [-0.25, -0.2) is 0 Å². The van der Waals surface area contributed by atoms with Gasteiger partial charge in [0.05, 0.1) is 6.61 Å². The lowest BCUT2D eigenvalue weighted by molar-refractivity contribution is 0.250. The predicted octanol–water partition coefficient (Wildman–Crippen LogP) is 6.09. The number of benzene rings is 3. The summed E-state index contributed by atoms with van der Waals surface area (Å²) in [5, 5.41) is 0. The van der Waals surface area contributed by atoms with Crippen LogP contribution in [-0.2, 0) is 13.0 Å². The maximum atomic E-state index is 5.93. The maximum Gasteiger partial charge on any atom is 0.119 e. The van der Waals surface area contributed by atoms with Crippen molar-refractivity contribution in [2.24, 2.45) is 0 Å². The van der Waals surface area contributed by atoms with Crippen LogP contribution in [-0.4, -0.2) is 37.7 Å². The van der Waals surface area contributed by atoms with E-state index in [0.717, 1.165) is 44.9 Å². The summed E-state index contributed by atoms with van der Waals surface area (Å²) in [5.74, 6) is 0.962. The number of nitrogens with zero attached hydrogens (tertiary/aromatic N) is 2. The highest BCUT2D eigenvalue weighted by atomic mass is 35.5. The second-order valence-corrected chi connectivity index (χ2v) is 8.26. The third-order valence-electron chi connectivity index (χ3n) is 6.06. The molecule has 172 valence electrons. The fourth-order valence-corrected chi connectivity index (χ4v) is 3.96. The summed E-state index contributed by atoms with van der Waals surface area (Å²) in [4.78, 5) is 5.03. The Hall–Kier alpha value is -2.20. The molecule has 1 aliphatic heterocycles. The van der Waals surface area contributed by atoms with E-state index < -0.39 is 0 Å². The van der Waals surface area contributed by atoms with Crippen molar-refractivity contribution < 1.29 is 4.74 Å². The molecule has 0 bridgehead atoms.